The lowest BCUT2D eigenvalue weighted by molar-refractivity contribution is -0.129. The molecule has 0 heterocycles. The molecule has 104 valence electrons. The summed E-state index contributed by atoms with van der Waals surface area (Å²) < 4.78 is 0. The van der Waals surface area contributed by atoms with E-state index in [4.69, 9.17) is 5.21 Å². The molecule has 0 bridgehead atoms. The van der Waals surface area contributed by atoms with Crippen LogP contribution < -0.4 is 5.48 Å². The van der Waals surface area contributed by atoms with Crippen LogP contribution in [0.5, 0.6) is 0 Å². The van der Waals surface area contributed by atoms with Crippen molar-refractivity contribution < 1.29 is 10.0 Å². The average molecular weight is 269 g/mol. The average Bonchev–Trinajstić information content (AvgIpc) is 2.47. The number of benzene rings is 2. The van der Waals surface area contributed by atoms with Gasteiger partial charge in [-0.25, -0.2) is 5.48 Å². The Labute approximate surface area is 119 Å². The zero-order valence-electron chi connectivity index (χ0n) is 11.8. The van der Waals surface area contributed by atoms with E-state index in [-0.39, 0.29) is 18.2 Å². The van der Waals surface area contributed by atoms with Crippen LogP contribution in [0, 0.1) is 6.92 Å². The maximum Gasteiger partial charge on any atom is 0.243 e. The van der Waals surface area contributed by atoms with Crippen LogP contribution in [0.2, 0.25) is 0 Å². The minimum atomic E-state index is -0.357. The van der Waals surface area contributed by atoms with E-state index in [0.717, 1.165) is 11.1 Å². The van der Waals surface area contributed by atoms with Gasteiger partial charge in [0.25, 0.3) is 0 Å². The molecule has 0 fully saturated rings. The van der Waals surface area contributed by atoms with Gasteiger partial charge in [-0.15, -0.1) is 0 Å². The Morgan fingerprint density at radius 1 is 1.15 bits per heavy atom. The molecule has 0 aliphatic carbocycles. The second kappa shape index (κ2) is 6.35. The molecule has 3 nitrogen and oxygen atoms in total. The lowest BCUT2D eigenvalue weighted by Gasteiger charge is -2.15. The van der Waals surface area contributed by atoms with Crippen LogP contribution in [0.4, 0.5) is 0 Å². The summed E-state index contributed by atoms with van der Waals surface area (Å²) in [4.78, 5) is 11.2. The molecule has 3 heteroatoms. The van der Waals surface area contributed by atoms with Crippen molar-refractivity contribution in [2.24, 2.45) is 0 Å². The van der Waals surface area contributed by atoms with Crippen LogP contribution >= 0.6 is 0 Å². The predicted octanol–water partition coefficient (Wildman–Crippen LogP) is 3.66. The normalized spacial score (nSPS) is 11.9. The summed E-state index contributed by atoms with van der Waals surface area (Å²) in [6.07, 6.45) is 0.280. The second-order valence-electron chi connectivity index (χ2n) is 5.08. The molecule has 1 unspecified atom stereocenters. The number of amides is 1. The largest absolute Gasteiger partial charge is 0.289 e. The molecular formula is C17H19NO2. The Kier molecular flexibility index (Phi) is 4.53. The van der Waals surface area contributed by atoms with Crippen molar-refractivity contribution in [3.63, 3.8) is 0 Å². The third-order valence-corrected chi connectivity index (χ3v) is 3.52. The number of hydrogen-bond donors (Lipinski definition) is 2. The van der Waals surface area contributed by atoms with Gasteiger partial charge in [-0.05, 0) is 35.1 Å². The third-order valence-electron chi connectivity index (χ3n) is 3.52. The van der Waals surface area contributed by atoms with Crippen LogP contribution in [0.1, 0.15) is 30.4 Å². The zero-order valence-corrected chi connectivity index (χ0v) is 11.8. The molecule has 0 saturated heterocycles. The van der Waals surface area contributed by atoms with Gasteiger partial charge in [0.15, 0.2) is 0 Å². The molecule has 0 spiro atoms. The van der Waals surface area contributed by atoms with Crippen LogP contribution in [0.25, 0.3) is 11.1 Å². The van der Waals surface area contributed by atoms with Gasteiger partial charge in [0.2, 0.25) is 5.91 Å². The maximum atomic E-state index is 11.2. The molecule has 0 aliphatic heterocycles. The SMILES string of the molecule is Cc1cc(-c2ccccc2)ccc1C(C)CC(=O)NO. The molecule has 20 heavy (non-hydrogen) atoms. The molecule has 2 aromatic carbocycles. The molecule has 1 atom stereocenters. The molecule has 0 aromatic heterocycles. The van der Waals surface area contributed by atoms with Crippen LogP contribution in [-0.2, 0) is 4.79 Å². The fraction of sp³-hybridized carbons (Fsp3) is 0.235. The van der Waals surface area contributed by atoms with E-state index in [9.17, 15) is 4.79 Å². The van der Waals surface area contributed by atoms with Gasteiger partial charge in [-0.3, -0.25) is 10.0 Å². The Balaban J connectivity index is 2.24. The summed E-state index contributed by atoms with van der Waals surface area (Å²) in [5, 5.41) is 8.59. The smallest absolute Gasteiger partial charge is 0.243 e. The Bertz CT molecular complexity index is 593. The molecule has 0 aliphatic rings. The molecular weight excluding hydrogens is 250 g/mol. The Morgan fingerprint density at radius 3 is 2.45 bits per heavy atom. The first-order chi connectivity index (χ1) is 9.61. The number of hydroxylamine groups is 1. The summed E-state index contributed by atoms with van der Waals surface area (Å²) >= 11 is 0. The number of nitrogens with one attached hydrogen (secondary N) is 1. The molecule has 2 N–H and O–H groups in total. The van der Waals surface area contributed by atoms with Gasteiger partial charge in [-0.2, -0.15) is 0 Å². The van der Waals surface area contributed by atoms with E-state index in [1.165, 1.54) is 11.1 Å². The van der Waals surface area contributed by atoms with Gasteiger partial charge in [-0.1, -0.05) is 55.5 Å². The van der Waals surface area contributed by atoms with Crippen molar-refractivity contribution in [3.05, 3.63) is 59.7 Å². The van der Waals surface area contributed by atoms with E-state index in [1.54, 1.807) is 5.48 Å². The molecule has 1 amide bonds. The van der Waals surface area contributed by atoms with Crippen LogP contribution in [-0.4, -0.2) is 11.1 Å². The standard InChI is InChI=1S/C17H19NO2/c1-12-10-15(14-6-4-3-5-7-14)8-9-16(12)13(2)11-17(19)18-20/h3-10,13,20H,11H2,1-2H3,(H,18,19). The monoisotopic (exact) mass is 269 g/mol. The van der Waals surface area contributed by atoms with Gasteiger partial charge in [0, 0.05) is 6.42 Å². The number of rotatable bonds is 4. The summed E-state index contributed by atoms with van der Waals surface area (Å²) in [6, 6.07) is 16.5. The van der Waals surface area contributed by atoms with E-state index in [0.29, 0.717) is 0 Å². The molecule has 0 saturated carbocycles. The first kappa shape index (κ1) is 14.3. The van der Waals surface area contributed by atoms with Crippen molar-refractivity contribution in [2.75, 3.05) is 0 Å². The highest BCUT2D eigenvalue weighted by Gasteiger charge is 2.13. The van der Waals surface area contributed by atoms with E-state index in [2.05, 4.69) is 37.3 Å². The van der Waals surface area contributed by atoms with E-state index < -0.39 is 0 Å². The van der Waals surface area contributed by atoms with Gasteiger partial charge in [0.05, 0.1) is 0 Å². The number of aryl methyl sites for hydroxylation is 1. The van der Waals surface area contributed by atoms with Crippen LogP contribution in [0.3, 0.4) is 0 Å². The zero-order chi connectivity index (χ0) is 14.5. The second-order valence-corrected chi connectivity index (χ2v) is 5.08. The summed E-state index contributed by atoms with van der Waals surface area (Å²) in [6.45, 7) is 4.04. The summed E-state index contributed by atoms with van der Waals surface area (Å²) in [5.41, 5.74) is 6.33. The fourth-order valence-electron chi connectivity index (χ4n) is 2.47. The van der Waals surface area contributed by atoms with E-state index >= 15 is 0 Å². The number of hydrogen-bond acceptors (Lipinski definition) is 2. The highest BCUT2D eigenvalue weighted by atomic mass is 16.5. The fourth-order valence-corrected chi connectivity index (χ4v) is 2.47. The maximum absolute atomic E-state index is 11.2. The van der Waals surface area contributed by atoms with Crippen LogP contribution in [0.15, 0.2) is 48.5 Å². The van der Waals surface area contributed by atoms with Crippen molar-refractivity contribution >= 4 is 5.91 Å². The lowest BCUT2D eigenvalue weighted by atomic mass is 9.91. The molecule has 2 aromatic rings. The summed E-state index contributed by atoms with van der Waals surface area (Å²) in [7, 11) is 0. The number of carbonyl (C=O) groups is 1. The van der Waals surface area contributed by atoms with E-state index in [1.807, 2.05) is 25.1 Å². The highest BCUT2D eigenvalue weighted by molar-refractivity contribution is 5.75. The summed E-state index contributed by atoms with van der Waals surface area (Å²) in [5.74, 6) is -0.281. The van der Waals surface area contributed by atoms with Gasteiger partial charge < -0.3 is 0 Å². The first-order valence-electron chi connectivity index (χ1n) is 6.70. The lowest BCUT2D eigenvalue weighted by Crippen LogP contribution is -2.20. The third kappa shape index (κ3) is 3.25. The van der Waals surface area contributed by atoms with Crippen molar-refractivity contribution in [1.29, 1.82) is 0 Å². The topological polar surface area (TPSA) is 49.3 Å². The quantitative estimate of drug-likeness (QED) is 0.657. The van der Waals surface area contributed by atoms with Crippen molar-refractivity contribution in [3.8, 4) is 11.1 Å². The Morgan fingerprint density at radius 2 is 1.85 bits per heavy atom. The predicted molar refractivity (Wildman–Crippen MR) is 79.6 cm³/mol. The minimum absolute atomic E-state index is 0.0759. The highest BCUT2D eigenvalue weighted by Crippen LogP contribution is 2.27. The first-order valence-corrected chi connectivity index (χ1v) is 6.70. The molecule has 0 radical (unpaired) electrons. The number of carbonyl (C=O) groups excluding carboxylic acids is 1. The van der Waals surface area contributed by atoms with Gasteiger partial charge in [0.1, 0.15) is 0 Å². The van der Waals surface area contributed by atoms with Gasteiger partial charge >= 0.3 is 0 Å². The molecule has 2 rings (SSSR count). The minimum Gasteiger partial charge on any atom is -0.289 e. The Hall–Kier alpha value is -2.13. The van der Waals surface area contributed by atoms with Crippen molar-refractivity contribution in [1.82, 2.24) is 5.48 Å². The van der Waals surface area contributed by atoms with Crippen molar-refractivity contribution in [2.45, 2.75) is 26.2 Å².